The van der Waals surface area contributed by atoms with Crippen molar-refractivity contribution in [2.24, 2.45) is 0 Å². The third-order valence-corrected chi connectivity index (χ3v) is 3.29. The van der Waals surface area contributed by atoms with Gasteiger partial charge in [0.1, 0.15) is 5.75 Å². The molecule has 0 radical (unpaired) electrons. The molecule has 3 rings (SSSR count). The highest BCUT2D eigenvalue weighted by Crippen LogP contribution is 2.26. The number of carbonyl (C=O) groups excluding carboxylic acids is 1. The highest BCUT2D eigenvalue weighted by atomic mass is 16.5. The number of aromatic amines is 1. The van der Waals surface area contributed by atoms with E-state index in [-0.39, 0.29) is 5.91 Å². The molecular formula is C16H15N3O2. The number of carbonyl (C=O) groups is 1. The van der Waals surface area contributed by atoms with E-state index in [0.717, 1.165) is 16.5 Å². The van der Waals surface area contributed by atoms with Crippen LogP contribution in [-0.2, 0) is 0 Å². The molecule has 2 N–H and O–H groups in total. The lowest BCUT2D eigenvalue weighted by molar-refractivity contribution is 0.102. The summed E-state index contributed by atoms with van der Waals surface area (Å²) in [7, 11) is 1.58. The lowest BCUT2D eigenvalue weighted by Crippen LogP contribution is -2.13. The van der Waals surface area contributed by atoms with E-state index in [1.54, 1.807) is 7.11 Å². The number of rotatable bonds is 3. The van der Waals surface area contributed by atoms with Crippen LogP contribution in [-0.4, -0.2) is 23.2 Å². The number of fused-ring (bicyclic) bond motifs is 1. The first-order chi connectivity index (χ1) is 10.2. The number of methoxy groups -OCH3 is 1. The lowest BCUT2D eigenvalue weighted by Gasteiger charge is -2.10. The molecule has 0 saturated carbocycles. The van der Waals surface area contributed by atoms with Crippen LogP contribution in [0.1, 0.15) is 16.1 Å². The summed E-state index contributed by atoms with van der Waals surface area (Å²) >= 11 is 0. The van der Waals surface area contributed by atoms with Gasteiger partial charge in [-0.1, -0.05) is 24.3 Å². The predicted molar refractivity (Wildman–Crippen MR) is 81.8 cm³/mol. The van der Waals surface area contributed by atoms with E-state index in [2.05, 4.69) is 15.5 Å². The molecule has 3 aromatic rings. The lowest BCUT2D eigenvalue weighted by atomic mass is 10.2. The molecule has 0 aliphatic carbocycles. The average molecular weight is 281 g/mol. The number of nitrogens with zero attached hydrogens (tertiary/aromatic N) is 1. The molecule has 5 nitrogen and oxygen atoms in total. The maximum Gasteiger partial charge on any atom is 0.276 e. The maximum absolute atomic E-state index is 12.4. The fraction of sp³-hybridized carbons (Fsp3) is 0.125. The monoisotopic (exact) mass is 281 g/mol. The van der Waals surface area contributed by atoms with E-state index in [1.807, 2.05) is 49.4 Å². The summed E-state index contributed by atoms with van der Waals surface area (Å²) in [6.45, 7) is 1.97. The Morgan fingerprint density at radius 3 is 2.86 bits per heavy atom. The molecule has 0 bridgehead atoms. The number of amides is 1. The summed E-state index contributed by atoms with van der Waals surface area (Å²) < 4.78 is 5.29. The molecule has 1 amide bonds. The van der Waals surface area contributed by atoms with Crippen LogP contribution in [0.4, 0.5) is 5.69 Å². The first kappa shape index (κ1) is 13.2. The molecule has 0 unspecified atom stereocenters. The van der Waals surface area contributed by atoms with E-state index < -0.39 is 0 Å². The Hall–Kier alpha value is -2.82. The Kier molecular flexibility index (Phi) is 3.31. The molecule has 5 heteroatoms. The summed E-state index contributed by atoms with van der Waals surface area (Å²) in [5.41, 5.74) is 2.89. The number of aryl methyl sites for hydroxylation is 1. The van der Waals surface area contributed by atoms with Crippen molar-refractivity contribution in [2.75, 3.05) is 12.4 Å². The first-order valence-corrected chi connectivity index (χ1v) is 6.58. The van der Waals surface area contributed by atoms with Crippen LogP contribution >= 0.6 is 0 Å². The summed E-state index contributed by atoms with van der Waals surface area (Å²) in [5.74, 6) is 0.359. The van der Waals surface area contributed by atoms with Gasteiger partial charge in [0.15, 0.2) is 5.69 Å². The third-order valence-electron chi connectivity index (χ3n) is 3.29. The second kappa shape index (κ2) is 5.28. The van der Waals surface area contributed by atoms with Crippen LogP contribution in [0.25, 0.3) is 10.9 Å². The quantitative estimate of drug-likeness (QED) is 0.775. The zero-order chi connectivity index (χ0) is 14.8. The number of nitrogens with one attached hydrogen (secondary N) is 2. The number of benzene rings is 2. The largest absolute Gasteiger partial charge is 0.495 e. The Balaban J connectivity index is 1.93. The highest BCUT2D eigenvalue weighted by molar-refractivity contribution is 6.11. The Morgan fingerprint density at radius 2 is 2.05 bits per heavy atom. The van der Waals surface area contributed by atoms with Crippen molar-refractivity contribution in [3.63, 3.8) is 0 Å². The topological polar surface area (TPSA) is 67.0 Å². The second-order valence-corrected chi connectivity index (χ2v) is 4.78. The van der Waals surface area contributed by atoms with Gasteiger partial charge in [0.25, 0.3) is 5.91 Å². The van der Waals surface area contributed by atoms with Crippen molar-refractivity contribution < 1.29 is 9.53 Å². The van der Waals surface area contributed by atoms with Gasteiger partial charge in [0.2, 0.25) is 0 Å². The van der Waals surface area contributed by atoms with Crippen molar-refractivity contribution in [1.82, 2.24) is 10.2 Å². The van der Waals surface area contributed by atoms with E-state index in [1.165, 1.54) is 0 Å². The van der Waals surface area contributed by atoms with E-state index in [9.17, 15) is 4.79 Å². The molecule has 1 heterocycles. The molecule has 21 heavy (non-hydrogen) atoms. The van der Waals surface area contributed by atoms with Crippen molar-refractivity contribution in [1.29, 1.82) is 0 Å². The van der Waals surface area contributed by atoms with E-state index >= 15 is 0 Å². The van der Waals surface area contributed by atoms with Gasteiger partial charge in [-0.15, -0.1) is 0 Å². The minimum Gasteiger partial charge on any atom is -0.495 e. The smallest absolute Gasteiger partial charge is 0.276 e. The molecular weight excluding hydrogens is 266 g/mol. The number of aromatic nitrogens is 2. The Labute approximate surface area is 121 Å². The van der Waals surface area contributed by atoms with Gasteiger partial charge >= 0.3 is 0 Å². The molecule has 0 spiro atoms. The number of hydrogen-bond acceptors (Lipinski definition) is 3. The van der Waals surface area contributed by atoms with Crippen LogP contribution in [0.2, 0.25) is 0 Å². The van der Waals surface area contributed by atoms with Gasteiger partial charge in [-0.3, -0.25) is 9.89 Å². The molecule has 2 aromatic carbocycles. The molecule has 1 aromatic heterocycles. The fourth-order valence-electron chi connectivity index (χ4n) is 2.22. The molecule has 106 valence electrons. The van der Waals surface area contributed by atoms with Gasteiger partial charge in [0.05, 0.1) is 18.3 Å². The van der Waals surface area contributed by atoms with Crippen LogP contribution in [0.3, 0.4) is 0 Å². The fourth-order valence-corrected chi connectivity index (χ4v) is 2.22. The summed E-state index contributed by atoms with van der Waals surface area (Å²) in [6.07, 6.45) is 0. The van der Waals surface area contributed by atoms with Gasteiger partial charge in [-0.05, 0) is 30.7 Å². The number of H-pyrrole nitrogens is 1. The van der Waals surface area contributed by atoms with Crippen molar-refractivity contribution in [2.45, 2.75) is 6.92 Å². The molecule has 0 aliphatic heterocycles. The van der Waals surface area contributed by atoms with Crippen LogP contribution in [0.15, 0.2) is 42.5 Å². The summed E-state index contributed by atoms with van der Waals surface area (Å²) in [6, 6.07) is 13.1. The van der Waals surface area contributed by atoms with Gasteiger partial charge < -0.3 is 10.1 Å². The molecule has 0 fully saturated rings. The standard InChI is InChI=1S/C16H15N3O2/c1-10-7-8-13(14(9-10)21-2)17-16(20)15-11-5-3-4-6-12(11)18-19-15/h3-9H,1-2H3,(H,17,20)(H,18,19). The summed E-state index contributed by atoms with van der Waals surface area (Å²) in [4.78, 5) is 12.4. The maximum atomic E-state index is 12.4. The van der Waals surface area contributed by atoms with Crippen molar-refractivity contribution in [3.8, 4) is 5.75 Å². The Bertz CT molecular complexity index is 808. The minimum absolute atomic E-state index is 0.269. The molecule has 0 atom stereocenters. The van der Waals surface area contributed by atoms with Gasteiger partial charge in [-0.2, -0.15) is 5.10 Å². The summed E-state index contributed by atoms with van der Waals surface area (Å²) in [5, 5.41) is 10.6. The number of ether oxygens (including phenoxy) is 1. The van der Waals surface area contributed by atoms with Crippen LogP contribution in [0, 0.1) is 6.92 Å². The number of hydrogen-bond donors (Lipinski definition) is 2. The Morgan fingerprint density at radius 1 is 1.24 bits per heavy atom. The average Bonchev–Trinajstić information content (AvgIpc) is 2.93. The van der Waals surface area contributed by atoms with E-state index in [4.69, 9.17) is 4.74 Å². The van der Waals surface area contributed by atoms with Crippen LogP contribution in [0.5, 0.6) is 5.75 Å². The highest BCUT2D eigenvalue weighted by Gasteiger charge is 2.15. The number of para-hydroxylation sites is 1. The normalized spacial score (nSPS) is 10.6. The van der Waals surface area contributed by atoms with Gasteiger partial charge in [-0.25, -0.2) is 0 Å². The second-order valence-electron chi connectivity index (χ2n) is 4.78. The predicted octanol–water partition coefficient (Wildman–Crippen LogP) is 3.13. The van der Waals surface area contributed by atoms with Gasteiger partial charge in [0, 0.05) is 5.39 Å². The van der Waals surface area contributed by atoms with Crippen LogP contribution < -0.4 is 10.1 Å². The first-order valence-electron chi connectivity index (χ1n) is 6.58. The minimum atomic E-state index is -0.269. The molecule has 0 saturated heterocycles. The SMILES string of the molecule is COc1cc(C)ccc1NC(=O)c1n[nH]c2ccccc12. The molecule has 0 aliphatic rings. The van der Waals surface area contributed by atoms with E-state index in [0.29, 0.717) is 17.1 Å². The zero-order valence-corrected chi connectivity index (χ0v) is 11.8. The number of anilines is 1. The third kappa shape index (κ3) is 2.45. The van der Waals surface area contributed by atoms with Crippen molar-refractivity contribution >= 4 is 22.5 Å². The van der Waals surface area contributed by atoms with Crippen molar-refractivity contribution in [3.05, 3.63) is 53.7 Å². The zero-order valence-electron chi connectivity index (χ0n) is 11.8.